The largest absolute Gasteiger partial charge is 0.321 e. The number of nitrogens with one attached hydrogen (secondary N) is 1. The molecule has 0 radical (unpaired) electrons. The van der Waals surface area contributed by atoms with E-state index in [4.69, 9.17) is 11.6 Å². The summed E-state index contributed by atoms with van der Waals surface area (Å²) in [6.07, 6.45) is 0. The van der Waals surface area contributed by atoms with Crippen LogP contribution in [0.1, 0.15) is 13.8 Å². The molecule has 1 aliphatic rings. The molecule has 1 aliphatic heterocycles. The Balaban J connectivity index is 2.79. The Labute approximate surface area is 92.8 Å². The Morgan fingerprint density at radius 3 is 2.80 bits per heavy atom. The maximum absolute atomic E-state index is 11.7. The summed E-state index contributed by atoms with van der Waals surface area (Å²) in [6, 6.07) is -0.610. The molecule has 0 spiro atoms. The fourth-order valence-corrected chi connectivity index (χ4v) is 1.46. The highest BCUT2D eigenvalue weighted by Crippen LogP contribution is 2.11. The average Bonchev–Trinajstić information content (AvgIpc) is 2.21. The van der Waals surface area contributed by atoms with Crippen molar-refractivity contribution in [1.82, 2.24) is 10.2 Å². The lowest BCUT2D eigenvalue weighted by Crippen LogP contribution is -2.59. The first kappa shape index (κ1) is 12.0. The lowest BCUT2D eigenvalue weighted by molar-refractivity contribution is -0.150. The van der Waals surface area contributed by atoms with Crippen molar-refractivity contribution in [1.29, 1.82) is 0 Å². The second kappa shape index (κ2) is 4.61. The third-order valence-corrected chi connectivity index (χ3v) is 2.82. The third-order valence-electron chi connectivity index (χ3n) is 2.36. The molecule has 0 aliphatic carbocycles. The Hall–Kier alpha value is -1.10. The number of halogens is 1. The van der Waals surface area contributed by atoms with Gasteiger partial charge in [0.05, 0.1) is 0 Å². The first-order chi connectivity index (χ1) is 6.97. The smallest absolute Gasteiger partial charge is 0.249 e. The molecular weight excluding hydrogens is 220 g/mol. The highest BCUT2D eigenvalue weighted by atomic mass is 35.5. The van der Waals surface area contributed by atoms with Crippen molar-refractivity contribution in [2.75, 3.05) is 12.4 Å². The highest BCUT2D eigenvalue weighted by molar-refractivity contribution is 6.19. The van der Waals surface area contributed by atoms with Gasteiger partial charge in [0.15, 0.2) is 0 Å². The molecule has 1 fully saturated rings. The van der Waals surface area contributed by atoms with E-state index < -0.39 is 17.9 Å². The molecule has 2 unspecified atom stereocenters. The predicted octanol–water partition coefficient (Wildman–Crippen LogP) is -0.265. The quantitative estimate of drug-likeness (QED) is 0.527. The molecule has 0 saturated carbocycles. The SMILES string of the molecule is CC(CCl)C(=O)N1CC(=O)NC(=O)C1C. The maximum Gasteiger partial charge on any atom is 0.249 e. The number of nitrogens with zero attached hydrogens (tertiary/aromatic N) is 1. The molecule has 0 aromatic heterocycles. The van der Waals surface area contributed by atoms with E-state index in [0.29, 0.717) is 0 Å². The zero-order valence-corrected chi connectivity index (χ0v) is 9.37. The predicted molar refractivity (Wildman–Crippen MR) is 54.2 cm³/mol. The number of amides is 3. The molecule has 0 aromatic carbocycles. The van der Waals surface area contributed by atoms with Crippen molar-refractivity contribution in [3.8, 4) is 0 Å². The summed E-state index contributed by atoms with van der Waals surface area (Å²) in [4.78, 5) is 35.4. The number of carbonyl (C=O) groups excluding carboxylic acids is 3. The molecule has 6 heteroatoms. The summed E-state index contributed by atoms with van der Waals surface area (Å²) < 4.78 is 0. The summed E-state index contributed by atoms with van der Waals surface area (Å²) in [5.74, 6) is -1.36. The lowest BCUT2D eigenvalue weighted by atomic mass is 10.1. The van der Waals surface area contributed by atoms with Gasteiger partial charge < -0.3 is 4.90 Å². The number of imide groups is 1. The highest BCUT2D eigenvalue weighted by Gasteiger charge is 2.34. The number of alkyl halides is 1. The zero-order chi connectivity index (χ0) is 11.6. The Morgan fingerprint density at radius 2 is 2.27 bits per heavy atom. The summed E-state index contributed by atoms with van der Waals surface area (Å²) in [5, 5.41) is 2.17. The molecule has 1 heterocycles. The molecule has 1 rings (SSSR count). The topological polar surface area (TPSA) is 66.5 Å². The third kappa shape index (κ3) is 2.47. The molecule has 0 bridgehead atoms. The van der Waals surface area contributed by atoms with Crippen LogP contribution in [0.15, 0.2) is 0 Å². The molecule has 84 valence electrons. The van der Waals surface area contributed by atoms with Gasteiger partial charge in [-0.2, -0.15) is 0 Å². The van der Waals surface area contributed by atoms with E-state index in [1.165, 1.54) is 4.90 Å². The van der Waals surface area contributed by atoms with Gasteiger partial charge in [-0.05, 0) is 6.92 Å². The van der Waals surface area contributed by atoms with Crippen molar-refractivity contribution >= 4 is 29.3 Å². The van der Waals surface area contributed by atoms with Gasteiger partial charge in [0, 0.05) is 11.8 Å². The fourth-order valence-electron chi connectivity index (χ4n) is 1.33. The fraction of sp³-hybridized carbons (Fsp3) is 0.667. The van der Waals surface area contributed by atoms with Gasteiger partial charge in [0.25, 0.3) is 0 Å². The van der Waals surface area contributed by atoms with Crippen LogP contribution in [0.2, 0.25) is 0 Å². The minimum absolute atomic E-state index is 0.0764. The van der Waals surface area contributed by atoms with Gasteiger partial charge >= 0.3 is 0 Å². The molecule has 2 atom stereocenters. The lowest BCUT2D eigenvalue weighted by Gasteiger charge is -2.33. The first-order valence-corrected chi connectivity index (χ1v) is 5.21. The molecule has 1 N–H and O–H groups in total. The van der Waals surface area contributed by atoms with Crippen LogP contribution in [0, 0.1) is 5.92 Å². The minimum Gasteiger partial charge on any atom is -0.321 e. The van der Waals surface area contributed by atoms with Crippen LogP contribution in [-0.4, -0.2) is 41.1 Å². The van der Waals surface area contributed by atoms with Crippen molar-refractivity contribution in [2.45, 2.75) is 19.9 Å². The van der Waals surface area contributed by atoms with E-state index in [1.54, 1.807) is 13.8 Å². The number of hydrogen-bond acceptors (Lipinski definition) is 3. The summed E-state index contributed by atoms with van der Waals surface area (Å²) in [7, 11) is 0. The molecule has 15 heavy (non-hydrogen) atoms. The average molecular weight is 233 g/mol. The molecule has 3 amide bonds. The van der Waals surface area contributed by atoms with Gasteiger partial charge in [-0.25, -0.2) is 0 Å². The van der Waals surface area contributed by atoms with E-state index in [1.807, 2.05) is 0 Å². The normalized spacial score (nSPS) is 23.7. The summed E-state index contributed by atoms with van der Waals surface area (Å²) in [6.45, 7) is 3.17. The Kier molecular flexibility index (Phi) is 3.68. The number of carbonyl (C=O) groups is 3. The van der Waals surface area contributed by atoms with Gasteiger partial charge in [0.2, 0.25) is 17.7 Å². The minimum atomic E-state index is -0.610. The monoisotopic (exact) mass is 232 g/mol. The van der Waals surface area contributed by atoms with E-state index in [9.17, 15) is 14.4 Å². The standard InChI is InChI=1S/C9H13ClN2O3/c1-5(3-10)9(15)12-4-7(13)11-8(14)6(12)2/h5-6H,3-4H2,1-2H3,(H,11,13,14). The van der Waals surface area contributed by atoms with Crippen LogP contribution in [0.5, 0.6) is 0 Å². The molecule has 0 aromatic rings. The van der Waals surface area contributed by atoms with Crippen LogP contribution in [0.4, 0.5) is 0 Å². The van der Waals surface area contributed by atoms with Crippen LogP contribution in [0.25, 0.3) is 0 Å². The van der Waals surface area contributed by atoms with E-state index in [2.05, 4.69) is 5.32 Å². The zero-order valence-electron chi connectivity index (χ0n) is 8.62. The maximum atomic E-state index is 11.7. The number of rotatable bonds is 2. The van der Waals surface area contributed by atoms with Crippen molar-refractivity contribution < 1.29 is 14.4 Å². The van der Waals surface area contributed by atoms with Crippen molar-refractivity contribution in [2.24, 2.45) is 5.92 Å². The Bertz CT molecular complexity index is 306. The van der Waals surface area contributed by atoms with Crippen molar-refractivity contribution in [3.63, 3.8) is 0 Å². The van der Waals surface area contributed by atoms with Gasteiger partial charge in [-0.15, -0.1) is 11.6 Å². The van der Waals surface area contributed by atoms with E-state index in [0.717, 1.165) is 0 Å². The molecule has 1 saturated heterocycles. The molecule has 5 nitrogen and oxygen atoms in total. The first-order valence-electron chi connectivity index (χ1n) is 4.67. The van der Waals surface area contributed by atoms with Gasteiger partial charge in [-0.3, -0.25) is 19.7 Å². The number of piperazine rings is 1. The van der Waals surface area contributed by atoms with E-state index in [-0.39, 0.29) is 24.2 Å². The Morgan fingerprint density at radius 1 is 1.67 bits per heavy atom. The molecular formula is C9H13ClN2O3. The second-order valence-corrected chi connectivity index (χ2v) is 3.92. The summed E-state index contributed by atoms with van der Waals surface area (Å²) in [5.41, 5.74) is 0. The van der Waals surface area contributed by atoms with Crippen LogP contribution < -0.4 is 5.32 Å². The van der Waals surface area contributed by atoms with Crippen LogP contribution in [0.3, 0.4) is 0 Å². The summed E-state index contributed by atoms with van der Waals surface area (Å²) >= 11 is 5.55. The van der Waals surface area contributed by atoms with Gasteiger partial charge in [0.1, 0.15) is 12.6 Å². The number of hydrogen-bond donors (Lipinski definition) is 1. The van der Waals surface area contributed by atoms with Crippen molar-refractivity contribution in [3.05, 3.63) is 0 Å². The van der Waals surface area contributed by atoms with Crippen LogP contribution >= 0.6 is 11.6 Å². The van der Waals surface area contributed by atoms with Crippen LogP contribution in [-0.2, 0) is 14.4 Å². The van der Waals surface area contributed by atoms with E-state index >= 15 is 0 Å². The van der Waals surface area contributed by atoms with Gasteiger partial charge in [-0.1, -0.05) is 6.92 Å². The second-order valence-electron chi connectivity index (χ2n) is 3.61.